The number of carbonyl (C=O) groups is 1. The molecule has 0 aliphatic heterocycles. The van der Waals surface area contributed by atoms with Crippen molar-refractivity contribution in [2.45, 2.75) is 53.1 Å². The highest BCUT2D eigenvalue weighted by atomic mass is 16.5. The predicted octanol–water partition coefficient (Wildman–Crippen LogP) is 4.53. The number of aliphatic hydroxyl groups is 1. The van der Waals surface area contributed by atoms with E-state index in [0.717, 1.165) is 19.3 Å². The van der Waals surface area contributed by atoms with Gasteiger partial charge in [-0.25, -0.2) is 4.79 Å². The second-order valence-corrected chi connectivity index (χ2v) is 7.98. The molecule has 3 heteroatoms. The third-order valence-electron chi connectivity index (χ3n) is 6.54. The van der Waals surface area contributed by atoms with Gasteiger partial charge in [-0.2, -0.15) is 0 Å². The van der Waals surface area contributed by atoms with Gasteiger partial charge in [0.1, 0.15) is 0 Å². The Hall–Kier alpha value is -1.35. The largest absolute Gasteiger partial charge is 0.466 e. The summed E-state index contributed by atoms with van der Waals surface area (Å²) in [5.74, 6) is 2.63. The van der Waals surface area contributed by atoms with Crippen LogP contribution < -0.4 is 0 Å². The quantitative estimate of drug-likeness (QED) is 0.352. The fourth-order valence-corrected chi connectivity index (χ4v) is 5.28. The summed E-state index contributed by atoms with van der Waals surface area (Å²) in [6, 6.07) is 0. The molecule has 0 amide bonds. The minimum Gasteiger partial charge on any atom is -0.466 e. The van der Waals surface area contributed by atoms with Crippen LogP contribution in [0.25, 0.3) is 0 Å². The van der Waals surface area contributed by atoms with E-state index in [9.17, 15) is 9.90 Å². The maximum absolute atomic E-state index is 11.3. The molecule has 7 atom stereocenters. The predicted molar refractivity (Wildman–Crippen MR) is 102 cm³/mol. The number of ether oxygens (including phenoxy) is 1. The smallest absolute Gasteiger partial charge is 0.330 e. The molecule has 0 spiro atoms. The van der Waals surface area contributed by atoms with Gasteiger partial charge in [-0.15, -0.1) is 0 Å². The van der Waals surface area contributed by atoms with Gasteiger partial charge in [-0.3, -0.25) is 0 Å². The van der Waals surface area contributed by atoms with E-state index >= 15 is 0 Å². The van der Waals surface area contributed by atoms with Crippen molar-refractivity contribution in [1.29, 1.82) is 0 Å². The van der Waals surface area contributed by atoms with Crippen molar-refractivity contribution in [3.8, 4) is 0 Å². The van der Waals surface area contributed by atoms with Gasteiger partial charge >= 0.3 is 5.97 Å². The first-order valence-electron chi connectivity index (χ1n) is 9.64. The fraction of sp³-hybridized carbons (Fsp3) is 0.682. The first-order chi connectivity index (χ1) is 11.9. The van der Waals surface area contributed by atoms with Gasteiger partial charge in [-0.1, -0.05) is 43.7 Å². The molecule has 2 fully saturated rings. The molecular weight excluding hydrogens is 312 g/mol. The van der Waals surface area contributed by atoms with Gasteiger partial charge in [0.25, 0.3) is 0 Å². The van der Waals surface area contributed by atoms with Crippen molar-refractivity contribution < 1.29 is 14.6 Å². The number of hydrogen-bond acceptors (Lipinski definition) is 3. The molecule has 1 unspecified atom stereocenters. The number of fused-ring (bicyclic) bond motifs is 1. The van der Waals surface area contributed by atoms with Gasteiger partial charge in [-0.05, 0) is 68.6 Å². The Kier molecular flexibility index (Phi) is 7.06. The summed E-state index contributed by atoms with van der Waals surface area (Å²) in [5, 5.41) is 10.6. The third-order valence-corrected chi connectivity index (χ3v) is 6.54. The van der Waals surface area contributed by atoms with Crippen molar-refractivity contribution >= 4 is 5.97 Å². The highest BCUT2D eigenvalue weighted by molar-refractivity contribution is 5.82. The Bertz CT molecular complexity index is 545. The number of methoxy groups -OCH3 is 1. The minimum absolute atomic E-state index is 0.169. The molecule has 0 aromatic rings. The SMILES string of the molecule is CC=C(C)C1[C@@H](C=CC=CC(=O)OC)[C@H]2[C@@H](C[C@@H]1C)[C@@H](O)CC[C@@H]2C. The summed E-state index contributed by atoms with van der Waals surface area (Å²) < 4.78 is 4.65. The lowest BCUT2D eigenvalue weighted by Gasteiger charge is -2.52. The first kappa shape index (κ1) is 20.0. The van der Waals surface area contributed by atoms with E-state index in [1.165, 1.54) is 18.8 Å². The van der Waals surface area contributed by atoms with Crippen LogP contribution >= 0.6 is 0 Å². The number of aliphatic hydroxyl groups excluding tert-OH is 1. The van der Waals surface area contributed by atoms with Crippen LogP contribution in [0.4, 0.5) is 0 Å². The fourth-order valence-electron chi connectivity index (χ4n) is 5.28. The summed E-state index contributed by atoms with van der Waals surface area (Å²) >= 11 is 0. The number of carbonyl (C=O) groups excluding carboxylic acids is 1. The number of allylic oxidation sites excluding steroid dienone is 5. The van der Waals surface area contributed by atoms with Gasteiger partial charge in [0, 0.05) is 6.08 Å². The van der Waals surface area contributed by atoms with E-state index in [1.54, 1.807) is 6.08 Å². The van der Waals surface area contributed by atoms with Crippen molar-refractivity contribution in [2.24, 2.45) is 35.5 Å². The summed E-state index contributed by atoms with van der Waals surface area (Å²) in [7, 11) is 1.39. The van der Waals surface area contributed by atoms with Crippen LogP contribution in [-0.2, 0) is 9.53 Å². The standard InChI is InChI=1S/C22H34O3/c1-6-14(2)21-16(4)13-18-19(23)12-11-15(3)22(18)17(21)9-7-8-10-20(24)25-5/h6-10,15-19,21-23H,11-13H2,1-5H3/t15-,16-,17+,18-,19-,21?,22-/m0/s1. The zero-order valence-corrected chi connectivity index (χ0v) is 16.3. The van der Waals surface area contributed by atoms with Gasteiger partial charge in [0.05, 0.1) is 13.2 Å². The van der Waals surface area contributed by atoms with Crippen LogP contribution in [-0.4, -0.2) is 24.3 Å². The lowest BCUT2D eigenvalue weighted by atomic mass is 9.53. The minimum atomic E-state index is -0.331. The molecule has 0 aromatic carbocycles. The molecule has 0 aromatic heterocycles. The molecule has 2 aliphatic carbocycles. The highest BCUT2D eigenvalue weighted by Gasteiger charge is 2.48. The molecular formula is C22H34O3. The van der Waals surface area contributed by atoms with Crippen molar-refractivity contribution in [2.75, 3.05) is 7.11 Å². The highest BCUT2D eigenvalue weighted by Crippen LogP contribution is 2.53. The van der Waals surface area contributed by atoms with E-state index in [2.05, 4.69) is 44.6 Å². The van der Waals surface area contributed by atoms with Crippen LogP contribution in [0, 0.1) is 35.5 Å². The van der Waals surface area contributed by atoms with Crippen molar-refractivity contribution in [3.05, 3.63) is 36.0 Å². The summed E-state index contributed by atoms with van der Waals surface area (Å²) in [6.45, 7) is 9.01. The van der Waals surface area contributed by atoms with E-state index < -0.39 is 0 Å². The zero-order valence-electron chi connectivity index (χ0n) is 16.3. The van der Waals surface area contributed by atoms with E-state index in [4.69, 9.17) is 0 Å². The Morgan fingerprint density at radius 1 is 1.16 bits per heavy atom. The first-order valence-corrected chi connectivity index (χ1v) is 9.64. The van der Waals surface area contributed by atoms with E-state index in [-0.39, 0.29) is 12.1 Å². The number of hydrogen-bond donors (Lipinski definition) is 1. The molecule has 0 radical (unpaired) electrons. The molecule has 0 saturated heterocycles. The molecule has 1 N–H and O–H groups in total. The van der Waals surface area contributed by atoms with Gasteiger partial charge in [0.2, 0.25) is 0 Å². The summed E-state index contributed by atoms with van der Waals surface area (Å²) in [6.07, 6.45) is 12.7. The second kappa shape index (κ2) is 8.84. The molecule has 2 aliphatic rings. The van der Waals surface area contributed by atoms with Crippen LogP contribution in [0.15, 0.2) is 36.0 Å². The Labute approximate surface area is 152 Å². The Morgan fingerprint density at radius 2 is 1.88 bits per heavy atom. The lowest BCUT2D eigenvalue weighted by molar-refractivity contribution is -0.134. The van der Waals surface area contributed by atoms with Gasteiger partial charge < -0.3 is 9.84 Å². The normalized spacial score (nSPS) is 39.6. The van der Waals surface area contributed by atoms with Crippen molar-refractivity contribution in [1.82, 2.24) is 0 Å². The number of rotatable bonds is 4. The summed E-state index contributed by atoms with van der Waals surface area (Å²) in [4.78, 5) is 11.3. The van der Waals surface area contributed by atoms with Crippen LogP contribution in [0.3, 0.4) is 0 Å². The van der Waals surface area contributed by atoms with E-state index in [1.807, 2.05) is 6.08 Å². The molecule has 25 heavy (non-hydrogen) atoms. The monoisotopic (exact) mass is 346 g/mol. The molecule has 140 valence electrons. The molecule has 2 rings (SSSR count). The molecule has 0 heterocycles. The third kappa shape index (κ3) is 4.44. The lowest BCUT2D eigenvalue weighted by Crippen LogP contribution is -2.48. The molecule has 3 nitrogen and oxygen atoms in total. The van der Waals surface area contributed by atoms with E-state index in [0.29, 0.717) is 35.5 Å². The van der Waals surface area contributed by atoms with Crippen LogP contribution in [0.1, 0.15) is 47.0 Å². The Morgan fingerprint density at radius 3 is 2.52 bits per heavy atom. The maximum Gasteiger partial charge on any atom is 0.330 e. The Balaban J connectivity index is 2.32. The zero-order chi connectivity index (χ0) is 18.6. The van der Waals surface area contributed by atoms with Crippen molar-refractivity contribution in [3.63, 3.8) is 0 Å². The van der Waals surface area contributed by atoms with Gasteiger partial charge in [0.15, 0.2) is 0 Å². The van der Waals surface area contributed by atoms with Crippen LogP contribution in [0.2, 0.25) is 0 Å². The topological polar surface area (TPSA) is 46.5 Å². The van der Waals surface area contributed by atoms with Crippen LogP contribution in [0.5, 0.6) is 0 Å². The second-order valence-electron chi connectivity index (χ2n) is 7.98. The average molecular weight is 347 g/mol. The molecule has 0 bridgehead atoms. The number of esters is 1. The maximum atomic E-state index is 11.3. The molecule has 2 saturated carbocycles. The summed E-state index contributed by atoms with van der Waals surface area (Å²) in [5.41, 5.74) is 1.44. The average Bonchev–Trinajstić information content (AvgIpc) is 2.60.